The Labute approximate surface area is 113 Å². The Hall–Kier alpha value is -1.58. The maximum Gasteiger partial charge on any atom is 0.284 e. The van der Waals surface area contributed by atoms with Gasteiger partial charge in [-0.3, -0.25) is 4.72 Å². The van der Waals surface area contributed by atoms with E-state index in [9.17, 15) is 17.9 Å². The third kappa shape index (κ3) is 3.06. The average Bonchev–Trinajstić information content (AvgIpc) is 2.77. The summed E-state index contributed by atoms with van der Waals surface area (Å²) >= 11 is 0.994. The maximum absolute atomic E-state index is 13.4. The number of nitrogens with one attached hydrogen (secondary N) is 1. The third-order valence-corrected chi connectivity index (χ3v) is 4.33. The number of sulfonamides is 1. The van der Waals surface area contributed by atoms with E-state index in [0.29, 0.717) is 5.69 Å². The van der Waals surface area contributed by atoms with E-state index in [0.717, 1.165) is 17.4 Å². The molecular weight excluding hydrogens is 293 g/mol. The molecule has 0 saturated heterocycles. The lowest BCUT2D eigenvalue weighted by Crippen LogP contribution is -2.16. The van der Waals surface area contributed by atoms with Gasteiger partial charge < -0.3 is 5.11 Å². The first kappa shape index (κ1) is 13.8. The second kappa shape index (κ2) is 5.19. The summed E-state index contributed by atoms with van der Waals surface area (Å²) in [6, 6.07) is 2.30. The summed E-state index contributed by atoms with van der Waals surface area (Å²) in [5.41, 5.74) is 0.337. The van der Waals surface area contributed by atoms with Crippen molar-refractivity contribution >= 4 is 26.5 Å². The minimum atomic E-state index is -4.13. The minimum Gasteiger partial charge on any atom is -0.387 e. The molecule has 1 unspecified atom stereocenters. The Bertz CT molecular complexity index is 685. The standard InChI is InChI=1S/C10H10FN3O3S2/c1-6(15)8-5-18-10(13-8)14-19(16,17)9-7(11)3-2-4-12-9/h2-6,15H,1H3,(H,13,14). The van der Waals surface area contributed by atoms with Gasteiger partial charge in [0.15, 0.2) is 10.9 Å². The van der Waals surface area contributed by atoms with E-state index in [2.05, 4.69) is 14.7 Å². The predicted molar refractivity (Wildman–Crippen MR) is 67.8 cm³/mol. The molecule has 2 N–H and O–H groups in total. The normalized spacial score (nSPS) is 13.2. The average molecular weight is 303 g/mol. The highest BCUT2D eigenvalue weighted by atomic mass is 32.2. The van der Waals surface area contributed by atoms with Crippen LogP contribution < -0.4 is 4.72 Å². The van der Waals surface area contributed by atoms with Gasteiger partial charge >= 0.3 is 0 Å². The number of anilines is 1. The van der Waals surface area contributed by atoms with Crippen LogP contribution in [0.4, 0.5) is 9.52 Å². The van der Waals surface area contributed by atoms with Crippen LogP contribution in [0.5, 0.6) is 0 Å². The zero-order valence-corrected chi connectivity index (χ0v) is 11.4. The first-order valence-electron chi connectivity index (χ1n) is 5.17. The van der Waals surface area contributed by atoms with Crippen LogP contribution in [0.15, 0.2) is 28.7 Å². The molecule has 2 aromatic heterocycles. The largest absolute Gasteiger partial charge is 0.387 e. The van der Waals surface area contributed by atoms with Crippen LogP contribution in [0.2, 0.25) is 0 Å². The van der Waals surface area contributed by atoms with Crippen molar-refractivity contribution in [2.75, 3.05) is 4.72 Å². The molecule has 0 fully saturated rings. The Morgan fingerprint density at radius 2 is 2.26 bits per heavy atom. The number of thiazole rings is 1. The SMILES string of the molecule is CC(O)c1csc(NS(=O)(=O)c2ncccc2F)n1. The molecule has 0 saturated carbocycles. The molecule has 19 heavy (non-hydrogen) atoms. The van der Waals surface area contributed by atoms with Crippen molar-refractivity contribution in [3.63, 3.8) is 0 Å². The van der Waals surface area contributed by atoms with Gasteiger partial charge in [0.2, 0.25) is 5.03 Å². The van der Waals surface area contributed by atoms with Crippen LogP contribution in [-0.4, -0.2) is 23.5 Å². The fraction of sp³-hybridized carbons (Fsp3) is 0.200. The Morgan fingerprint density at radius 1 is 1.53 bits per heavy atom. The second-order valence-electron chi connectivity index (χ2n) is 3.65. The summed E-state index contributed by atoms with van der Waals surface area (Å²) < 4.78 is 39.3. The first-order valence-corrected chi connectivity index (χ1v) is 7.53. The lowest BCUT2D eigenvalue weighted by Gasteiger charge is -2.04. The number of nitrogens with zero attached hydrogens (tertiary/aromatic N) is 2. The number of aromatic nitrogens is 2. The smallest absolute Gasteiger partial charge is 0.284 e. The van der Waals surface area contributed by atoms with Crippen LogP contribution in [0.25, 0.3) is 0 Å². The topological polar surface area (TPSA) is 92.2 Å². The van der Waals surface area contributed by atoms with Gasteiger partial charge in [-0.1, -0.05) is 0 Å². The summed E-state index contributed by atoms with van der Waals surface area (Å²) in [7, 11) is -4.13. The van der Waals surface area contributed by atoms with Gasteiger partial charge in [-0.05, 0) is 19.1 Å². The number of hydrogen-bond donors (Lipinski definition) is 2. The predicted octanol–water partition coefficient (Wildman–Crippen LogP) is 1.53. The lowest BCUT2D eigenvalue weighted by molar-refractivity contribution is 0.195. The highest BCUT2D eigenvalue weighted by Gasteiger charge is 2.22. The van der Waals surface area contributed by atoms with Gasteiger partial charge in [-0.25, -0.2) is 14.4 Å². The highest BCUT2D eigenvalue weighted by Crippen LogP contribution is 2.23. The molecule has 0 aliphatic rings. The summed E-state index contributed by atoms with van der Waals surface area (Å²) in [6.45, 7) is 1.51. The Kier molecular flexibility index (Phi) is 3.78. The van der Waals surface area contributed by atoms with Gasteiger partial charge in [0.25, 0.3) is 10.0 Å². The molecule has 0 aromatic carbocycles. The third-order valence-electron chi connectivity index (χ3n) is 2.15. The number of pyridine rings is 1. The molecule has 102 valence electrons. The highest BCUT2D eigenvalue weighted by molar-refractivity contribution is 7.92. The van der Waals surface area contributed by atoms with Crippen LogP contribution in [0.1, 0.15) is 18.7 Å². The summed E-state index contributed by atoms with van der Waals surface area (Å²) in [5.74, 6) is -0.942. The van der Waals surface area contributed by atoms with Gasteiger partial charge in [-0.15, -0.1) is 11.3 Å². The maximum atomic E-state index is 13.4. The quantitative estimate of drug-likeness (QED) is 0.893. The van der Waals surface area contributed by atoms with E-state index < -0.39 is 27.0 Å². The Balaban J connectivity index is 2.29. The van der Waals surface area contributed by atoms with E-state index in [-0.39, 0.29) is 5.13 Å². The molecule has 0 radical (unpaired) electrons. The summed E-state index contributed by atoms with van der Waals surface area (Å²) in [6.07, 6.45) is 0.377. The monoisotopic (exact) mass is 303 g/mol. The number of aliphatic hydroxyl groups is 1. The number of aliphatic hydroxyl groups excluding tert-OH is 1. The molecule has 0 bridgehead atoms. The van der Waals surface area contributed by atoms with E-state index in [4.69, 9.17) is 0 Å². The molecule has 6 nitrogen and oxygen atoms in total. The molecule has 2 aromatic rings. The molecule has 2 rings (SSSR count). The number of hydrogen-bond acceptors (Lipinski definition) is 6. The Morgan fingerprint density at radius 3 is 2.84 bits per heavy atom. The van der Waals surface area contributed by atoms with Crippen molar-refractivity contribution in [1.29, 1.82) is 0 Å². The van der Waals surface area contributed by atoms with Gasteiger partial charge in [0.05, 0.1) is 11.8 Å². The minimum absolute atomic E-state index is 0.0425. The number of halogens is 1. The molecule has 1 atom stereocenters. The van der Waals surface area contributed by atoms with Crippen molar-refractivity contribution in [3.8, 4) is 0 Å². The van der Waals surface area contributed by atoms with E-state index in [1.54, 1.807) is 0 Å². The van der Waals surface area contributed by atoms with Gasteiger partial charge in [0.1, 0.15) is 0 Å². The van der Waals surface area contributed by atoms with Crippen LogP contribution in [0.3, 0.4) is 0 Å². The van der Waals surface area contributed by atoms with E-state index in [1.165, 1.54) is 24.6 Å². The zero-order valence-electron chi connectivity index (χ0n) is 9.74. The summed E-state index contributed by atoms with van der Waals surface area (Å²) in [5, 5.41) is 10.2. The summed E-state index contributed by atoms with van der Waals surface area (Å²) in [4.78, 5) is 7.37. The first-order chi connectivity index (χ1) is 8.90. The van der Waals surface area contributed by atoms with Crippen molar-refractivity contribution in [2.24, 2.45) is 0 Å². The number of rotatable bonds is 4. The van der Waals surface area contributed by atoms with Gasteiger partial charge in [0, 0.05) is 11.6 Å². The fourth-order valence-corrected chi connectivity index (χ4v) is 3.32. The lowest BCUT2D eigenvalue weighted by atomic mass is 10.3. The van der Waals surface area contributed by atoms with Crippen molar-refractivity contribution in [2.45, 2.75) is 18.1 Å². The molecule has 0 aliphatic heterocycles. The molecule has 0 aliphatic carbocycles. The van der Waals surface area contributed by atoms with Crippen molar-refractivity contribution < 1.29 is 17.9 Å². The van der Waals surface area contributed by atoms with E-state index in [1.807, 2.05) is 0 Å². The molecule has 9 heteroatoms. The van der Waals surface area contributed by atoms with Crippen molar-refractivity contribution in [3.05, 3.63) is 35.2 Å². The van der Waals surface area contributed by atoms with Crippen LogP contribution >= 0.6 is 11.3 Å². The zero-order chi connectivity index (χ0) is 14.0. The molecule has 0 spiro atoms. The van der Waals surface area contributed by atoms with Crippen LogP contribution in [-0.2, 0) is 10.0 Å². The van der Waals surface area contributed by atoms with Crippen LogP contribution in [0, 0.1) is 5.82 Å². The second-order valence-corrected chi connectivity index (χ2v) is 6.11. The molecular formula is C10H10FN3O3S2. The van der Waals surface area contributed by atoms with Crippen molar-refractivity contribution in [1.82, 2.24) is 9.97 Å². The fourth-order valence-electron chi connectivity index (χ4n) is 1.26. The molecule has 2 heterocycles. The van der Waals surface area contributed by atoms with Gasteiger partial charge in [-0.2, -0.15) is 8.42 Å². The van der Waals surface area contributed by atoms with E-state index >= 15 is 0 Å². The molecule has 0 amide bonds.